The second kappa shape index (κ2) is 4.99. The van der Waals surface area contributed by atoms with Crippen LogP contribution in [0.2, 0.25) is 0 Å². The van der Waals surface area contributed by atoms with E-state index >= 15 is 0 Å². The van der Waals surface area contributed by atoms with E-state index in [-0.39, 0.29) is 6.04 Å². The molecule has 0 bridgehead atoms. The van der Waals surface area contributed by atoms with Crippen LogP contribution in [0, 0.1) is 0 Å². The van der Waals surface area contributed by atoms with Gasteiger partial charge in [0.2, 0.25) is 5.89 Å². The lowest BCUT2D eigenvalue weighted by Gasteiger charge is -2.06. The van der Waals surface area contributed by atoms with Gasteiger partial charge in [-0.25, -0.2) is 0 Å². The Morgan fingerprint density at radius 1 is 1.67 bits per heavy atom. The Morgan fingerprint density at radius 3 is 3.13 bits per heavy atom. The molecular weight excluding hydrogens is 210 g/mol. The highest BCUT2D eigenvalue weighted by Crippen LogP contribution is 2.38. The van der Waals surface area contributed by atoms with Crippen molar-refractivity contribution in [2.45, 2.75) is 37.5 Å². The Labute approximate surface area is 94.2 Å². The zero-order chi connectivity index (χ0) is 10.7. The van der Waals surface area contributed by atoms with Crippen molar-refractivity contribution >= 4 is 11.8 Å². The van der Waals surface area contributed by atoms with Gasteiger partial charge in [-0.1, -0.05) is 12.1 Å². The number of hydrogen-bond acceptors (Lipinski definition) is 5. The molecule has 1 aliphatic rings. The van der Waals surface area contributed by atoms with Crippen LogP contribution in [0.3, 0.4) is 0 Å². The predicted molar refractivity (Wildman–Crippen MR) is 60.8 cm³/mol. The molecule has 2 atom stereocenters. The molecule has 0 radical (unpaired) electrons. The van der Waals surface area contributed by atoms with Crippen molar-refractivity contribution in [3.63, 3.8) is 0 Å². The number of nitrogens with one attached hydrogen (secondary N) is 1. The van der Waals surface area contributed by atoms with Crippen molar-refractivity contribution in [1.29, 1.82) is 0 Å². The minimum Gasteiger partial charge on any atom is -0.338 e. The zero-order valence-corrected chi connectivity index (χ0v) is 10.0. The minimum atomic E-state index is 0.192. The molecule has 0 saturated carbocycles. The average molecular weight is 227 g/mol. The molecule has 0 spiro atoms. The van der Waals surface area contributed by atoms with E-state index in [1.54, 1.807) is 0 Å². The molecule has 0 aliphatic carbocycles. The molecule has 4 nitrogen and oxygen atoms in total. The largest absolute Gasteiger partial charge is 0.338 e. The van der Waals surface area contributed by atoms with Crippen LogP contribution in [0.4, 0.5) is 0 Å². The minimum absolute atomic E-state index is 0.192. The first-order valence-electron chi connectivity index (χ1n) is 5.47. The molecule has 15 heavy (non-hydrogen) atoms. The van der Waals surface area contributed by atoms with Gasteiger partial charge in [-0.3, -0.25) is 0 Å². The Morgan fingerprint density at radius 2 is 2.53 bits per heavy atom. The molecule has 2 unspecified atom stereocenters. The smallest absolute Gasteiger partial charge is 0.243 e. The molecule has 0 amide bonds. The van der Waals surface area contributed by atoms with E-state index in [4.69, 9.17) is 4.52 Å². The van der Waals surface area contributed by atoms with Crippen LogP contribution in [0.15, 0.2) is 4.52 Å². The van der Waals surface area contributed by atoms with Gasteiger partial charge in [-0.05, 0) is 32.1 Å². The normalized spacial score (nSPS) is 23.2. The number of hydrogen-bond donors (Lipinski definition) is 1. The summed E-state index contributed by atoms with van der Waals surface area (Å²) in [7, 11) is 1.92. The van der Waals surface area contributed by atoms with Crippen molar-refractivity contribution < 1.29 is 4.52 Å². The van der Waals surface area contributed by atoms with Gasteiger partial charge >= 0.3 is 0 Å². The third-order valence-corrected chi connectivity index (χ3v) is 4.10. The molecule has 2 rings (SSSR count). The van der Waals surface area contributed by atoms with Crippen LogP contribution in [0.25, 0.3) is 0 Å². The molecule has 0 aromatic carbocycles. The fourth-order valence-electron chi connectivity index (χ4n) is 1.80. The predicted octanol–water partition coefficient (Wildman–Crippen LogP) is 2.31. The molecule has 5 heteroatoms. The number of aromatic nitrogens is 2. The third kappa shape index (κ3) is 2.34. The van der Waals surface area contributed by atoms with Crippen molar-refractivity contribution in [3.05, 3.63) is 11.7 Å². The van der Waals surface area contributed by atoms with Gasteiger partial charge in [0.05, 0.1) is 11.3 Å². The summed E-state index contributed by atoms with van der Waals surface area (Å²) in [5.41, 5.74) is 0. The number of nitrogens with zero attached hydrogens (tertiary/aromatic N) is 2. The van der Waals surface area contributed by atoms with E-state index < -0.39 is 0 Å². The summed E-state index contributed by atoms with van der Waals surface area (Å²) in [6, 6.07) is 0.192. The Balaban J connectivity index is 2.08. The van der Waals surface area contributed by atoms with Crippen LogP contribution in [0.5, 0.6) is 0 Å². The van der Waals surface area contributed by atoms with Gasteiger partial charge in [0.1, 0.15) is 0 Å². The fourth-order valence-corrected chi connectivity index (χ4v) is 3.00. The lowest BCUT2D eigenvalue weighted by molar-refractivity contribution is 0.331. The Bertz CT molecular complexity index is 289. The van der Waals surface area contributed by atoms with Crippen LogP contribution < -0.4 is 5.32 Å². The fraction of sp³-hybridized carbons (Fsp3) is 0.800. The maximum absolute atomic E-state index is 5.28. The van der Waals surface area contributed by atoms with Crippen molar-refractivity contribution in [1.82, 2.24) is 15.5 Å². The summed E-state index contributed by atoms with van der Waals surface area (Å²) in [6.07, 6.45) is 3.42. The standard InChI is InChI=1S/C10H17N3OS/c1-3-7(11-2)10-12-9(13-14-10)8-5-4-6-15-8/h7-8,11H,3-6H2,1-2H3. The lowest BCUT2D eigenvalue weighted by atomic mass is 10.2. The molecule has 1 saturated heterocycles. The highest BCUT2D eigenvalue weighted by molar-refractivity contribution is 7.99. The summed E-state index contributed by atoms with van der Waals surface area (Å²) >= 11 is 1.93. The van der Waals surface area contributed by atoms with Gasteiger partial charge in [-0.2, -0.15) is 16.7 Å². The van der Waals surface area contributed by atoms with Crippen LogP contribution >= 0.6 is 11.8 Å². The van der Waals surface area contributed by atoms with Gasteiger partial charge < -0.3 is 9.84 Å². The van der Waals surface area contributed by atoms with Crippen molar-refractivity contribution in [3.8, 4) is 0 Å². The molecule has 1 fully saturated rings. The van der Waals surface area contributed by atoms with E-state index in [1.165, 1.54) is 18.6 Å². The van der Waals surface area contributed by atoms with E-state index in [0.29, 0.717) is 5.25 Å². The molecule has 1 aliphatic heterocycles. The van der Waals surface area contributed by atoms with Crippen LogP contribution in [0.1, 0.15) is 49.2 Å². The first-order valence-corrected chi connectivity index (χ1v) is 6.52. The van der Waals surface area contributed by atoms with E-state index in [9.17, 15) is 0 Å². The van der Waals surface area contributed by atoms with Crippen LogP contribution in [-0.4, -0.2) is 22.9 Å². The second-order valence-corrected chi connectivity index (χ2v) is 5.05. The summed E-state index contributed by atoms with van der Waals surface area (Å²) in [5.74, 6) is 2.82. The van der Waals surface area contributed by atoms with Crippen molar-refractivity contribution in [2.75, 3.05) is 12.8 Å². The monoisotopic (exact) mass is 227 g/mol. The number of thioether (sulfide) groups is 1. The second-order valence-electron chi connectivity index (χ2n) is 3.74. The summed E-state index contributed by atoms with van der Waals surface area (Å²) in [6.45, 7) is 2.11. The van der Waals surface area contributed by atoms with E-state index in [1.807, 2.05) is 18.8 Å². The van der Waals surface area contributed by atoms with Gasteiger partial charge in [0.25, 0.3) is 0 Å². The molecule has 84 valence electrons. The van der Waals surface area contributed by atoms with Gasteiger partial charge in [0, 0.05) is 0 Å². The quantitative estimate of drug-likeness (QED) is 0.855. The van der Waals surface area contributed by atoms with Gasteiger partial charge in [0.15, 0.2) is 5.82 Å². The van der Waals surface area contributed by atoms with E-state index in [0.717, 1.165) is 18.1 Å². The zero-order valence-electron chi connectivity index (χ0n) is 9.19. The third-order valence-electron chi connectivity index (χ3n) is 2.73. The highest BCUT2D eigenvalue weighted by atomic mass is 32.2. The molecule has 2 heterocycles. The first kappa shape index (κ1) is 11.0. The van der Waals surface area contributed by atoms with Crippen molar-refractivity contribution in [2.24, 2.45) is 0 Å². The average Bonchev–Trinajstić information content (AvgIpc) is 2.89. The van der Waals surface area contributed by atoms with E-state index in [2.05, 4.69) is 22.4 Å². The lowest BCUT2D eigenvalue weighted by Crippen LogP contribution is -2.15. The Kier molecular flexibility index (Phi) is 3.64. The summed E-state index contributed by atoms with van der Waals surface area (Å²) < 4.78 is 5.28. The highest BCUT2D eigenvalue weighted by Gasteiger charge is 2.24. The maximum Gasteiger partial charge on any atom is 0.243 e. The molecule has 1 N–H and O–H groups in total. The summed E-state index contributed by atoms with van der Waals surface area (Å²) in [4.78, 5) is 4.47. The molecule has 1 aromatic rings. The molecular formula is C10H17N3OS. The molecule has 1 aromatic heterocycles. The summed E-state index contributed by atoms with van der Waals surface area (Å²) in [5, 5.41) is 7.69. The van der Waals surface area contributed by atoms with Crippen LogP contribution in [-0.2, 0) is 0 Å². The maximum atomic E-state index is 5.28. The topological polar surface area (TPSA) is 51.0 Å². The SMILES string of the molecule is CCC(NC)c1nc(C2CCCS2)no1. The Hall–Kier alpha value is -0.550. The number of rotatable bonds is 4. The first-order chi connectivity index (χ1) is 7.35. The van der Waals surface area contributed by atoms with Gasteiger partial charge in [-0.15, -0.1) is 0 Å².